The number of unbranched alkanes of at least 4 members (excludes halogenated alkanes) is 1. The Kier molecular flexibility index (Phi) is 13.5. The molecule has 0 radical (unpaired) electrons. The average molecular weight is 781 g/mol. The number of carbonyl (C=O) groups is 4. The Balaban J connectivity index is 1.56. The predicted molar refractivity (Wildman–Crippen MR) is 199 cm³/mol. The number of likely N-dealkylation sites (tertiary alicyclic amines) is 1. The van der Waals surface area contributed by atoms with E-state index in [1.807, 2.05) is 43.3 Å². The molecule has 52 heavy (non-hydrogen) atoms. The van der Waals surface area contributed by atoms with Crippen molar-refractivity contribution in [2.24, 2.45) is 11.8 Å². The van der Waals surface area contributed by atoms with E-state index < -0.39 is 66.3 Å². The lowest BCUT2D eigenvalue weighted by Crippen LogP contribution is -2.57. The summed E-state index contributed by atoms with van der Waals surface area (Å²) in [6, 6.07) is 15.4. The number of fused-ring (bicyclic) bond motifs is 1. The van der Waals surface area contributed by atoms with Crippen LogP contribution in [0.3, 0.4) is 0 Å². The molecule has 2 aromatic carbocycles. The quantitative estimate of drug-likeness (QED) is 0.120. The van der Waals surface area contributed by atoms with Gasteiger partial charge in [-0.05, 0) is 30.4 Å². The van der Waals surface area contributed by atoms with Crippen LogP contribution in [0.4, 0.5) is 0 Å². The lowest BCUT2D eigenvalue weighted by atomic mass is 9.70. The van der Waals surface area contributed by atoms with Crippen LogP contribution in [0.5, 0.6) is 0 Å². The van der Waals surface area contributed by atoms with Gasteiger partial charge in [-0.2, -0.15) is 0 Å². The zero-order valence-corrected chi connectivity index (χ0v) is 31.5. The Morgan fingerprint density at radius 2 is 1.79 bits per heavy atom. The maximum atomic E-state index is 14.9. The SMILES string of the molecule is C=CCCC(=O)N[C@H](COC)[C@H](OC(=O)[C@H]1[C@@H]2O[C@@]3(CC2Br)[C@@H]1C(=O)N([C@H](CO)c1ccccc1)[C@@H]3C(=O)N(CC=C)CCCC)c1ccccc1. The molecule has 9 atom stereocenters. The minimum atomic E-state index is -1.38. The summed E-state index contributed by atoms with van der Waals surface area (Å²) in [5.74, 6) is -3.88. The fraction of sp³-hybridized carbons (Fsp3) is 0.500. The van der Waals surface area contributed by atoms with Crippen molar-refractivity contribution in [1.82, 2.24) is 15.1 Å². The molecular formula is C40H50BrN3O8. The van der Waals surface area contributed by atoms with Crippen LogP contribution >= 0.6 is 15.9 Å². The van der Waals surface area contributed by atoms with Crippen molar-refractivity contribution >= 4 is 39.6 Å². The molecule has 3 heterocycles. The highest BCUT2D eigenvalue weighted by Gasteiger charge is 2.77. The number of halogens is 1. The summed E-state index contributed by atoms with van der Waals surface area (Å²) in [6.45, 7) is 9.90. The molecule has 0 saturated carbocycles. The van der Waals surface area contributed by atoms with Crippen molar-refractivity contribution in [3.63, 3.8) is 0 Å². The topological polar surface area (TPSA) is 135 Å². The summed E-state index contributed by atoms with van der Waals surface area (Å²) in [5, 5.41) is 13.8. The second-order valence-electron chi connectivity index (χ2n) is 13.7. The van der Waals surface area contributed by atoms with E-state index in [2.05, 4.69) is 34.4 Å². The molecule has 2 aromatic rings. The van der Waals surface area contributed by atoms with Gasteiger partial charge < -0.3 is 34.4 Å². The Morgan fingerprint density at radius 1 is 1.12 bits per heavy atom. The average Bonchev–Trinajstić information content (AvgIpc) is 3.75. The molecule has 2 bridgehead atoms. The Labute approximate surface area is 314 Å². The van der Waals surface area contributed by atoms with Gasteiger partial charge >= 0.3 is 5.97 Å². The smallest absolute Gasteiger partial charge is 0.313 e. The highest BCUT2D eigenvalue weighted by molar-refractivity contribution is 9.09. The number of allylic oxidation sites excluding steroid dienone is 1. The van der Waals surface area contributed by atoms with Crippen molar-refractivity contribution in [2.45, 2.75) is 79.8 Å². The van der Waals surface area contributed by atoms with E-state index in [0.29, 0.717) is 30.5 Å². The molecule has 11 nitrogen and oxygen atoms in total. The Hall–Kier alpha value is -3.84. The minimum absolute atomic E-state index is 0.0428. The van der Waals surface area contributed by atoms with E-state index in [4.69, 9.17) is 14.2 Å². The first-order chi connectivity index (χ1) is 25.2. The third-order valence-corrected chi connectivity index (χ3v) is 11.2. The van der Waals surface area contributed by atoms with E-state index in [-0.39, 0.29) is 36.2 Å². The van der Waals surface area contributed by atoms with Crippen LogP contribution in [0, 0.1) is 11.8 Å². The first kappa shape index (κ1) is 39.4. The van der Waals surface area contributed by atoms with Gasteiger partial charge in [0.2, 0.25) is 17.7 Å². The first-order valence-electron chi connectivity index (χ1n) is 18.0. The van der Waals surface area contributed by atoms with Crippen molar-refractivity contribution in [3.8, 4) is 0 Å². The molecule has 0 aromatic heterocycles. The number of hydrogen-bond acceptors (Lipinski definition) is 8. The van der Waals surface area contributed by atoms with Crippen LogP contribution in [0.2, 0.25) is 0 Å². The zero-order chi connectivity index (χ0) is 37.4. The summed E-state index contributed by atoms with van der Waals surface area (Å²) < 4.78 is 18.6. The lowest BCUT2D eigenvalue weighted by Gasteiger charge is -2.39. The molecule has 280 valence electrons. The molecule has 5 rings (SSSR count). The number of nitrogens with one attached hydrogen (secondary N) is 1. The molecule has 0 aliphatic carbocycles. The lowest BCUT2D eigenvalue weighted by molar-refractivity contribution is -0.163. The number of aliphatic hydroxyl groups excluding tert-OH is 1. The van der Waals surface area contributed by atoms with Crippen LogP contribution in [0.15, 0.2) is 86.0 Å². The second kappa shape index (κ2) is 17.8. The van der Waals surface area contributed by atoms with Crippen molar-refractivity contribution < 1.29 is 38.5 Å². The van der Waals surface area contributed by atoms with Crippen LogP contribution in [-0.4, -0.2) is 101 Å². The van der Waals surface area contributed by atoms with Crippen LogP contribution in [0.25, 0.3) is 0 Å². The number of aliphatic hydroxyl groups is 1. The van der Waals surface area contributed by atoms with Crippen molar-refractivity contribution in [1.29, 1.82) is 0 Å². The molecule has 12 heteroatoms. The maximum absolute atomic E-state index is 14.9. The number of rotatable bonds is 19. The fourth-order valence-electron chi connectivity index (χ4n) is 8.08. The number of esters is 1. The number of benzene rings is 2. The largest absolute Gasteiger partial charge is 0.455 e. The zero-order valence-electron chi connectivity index (χ0n) is 29.9. The summed E-state index contributed by atoms with van der Waals surface area (Å²) in [7, 11) is 1.50. The van der Waals surface area contributed by atoms with E-state index in [1.54, 1.807) is 41.3 Å². The minimum Gasteiger partial charge on any atom is -0.455 e. The molecule has 2 N–H and O–H groups in total. The summed E-state index contributed by atoms with van der Waals surface area (Å²) in [4.78, 5) is 60.1. The van der Waals surface area contributed by atoms with Crippen LogP contribution in [0.1, 0.15) is 62.3 Å². The van der Waals surface area contributed by atoms with Crippen molar-refractivity contribution in [3.05, 3.63) is 97.1 Å². The van der Waals surface area contributed by atoms with Gasteiger partial charge in [-0.15, -0.1) is 13.2 Å². The van der Waals surface area contributed by atoms with Gasteiger partial charge in [-0.25, -0.2) is 0 Å². The highest BCUT2D eigenvalue weighted by Crippen LogP contribution is 2.61. The third kappa shape index (κ3) is 7.76. The van der Waals surface area contributed by atoms with Gasteiger partial charge in [-0.1, -0.05) is 102 Å². The van der Waals surface area contributed by atoms with E-state index in [1.165, 1.54) is 12.0 Å². The van der Waals surface area contributed by atoms with Gasteiger partial charge in [0.25, 0.3) is 0 Å². The van der Waals surface area contributed by atoms with Crippen LogP contribution in [-0.2, 0) is 33.4 Å². The van der Waals surface area contributed by atoms with Gasteiger partial charge in [0.05, 0.1) is 43.2 Å². The molecule has 1 spiro atoms. The van der Waals surface area contributed by atoms with Crippen LogP contribution < -0.4 is 5.32 Å². The van der Waals surface area contributed by atoms with Gasteiger partial charge in [0, 0.05) is 31.4 Å². The normalized spacial score (nSPS) is 26.3. The predicted octanol–water partition coefficient (Wildman–Crippen LogP) is 4.66. The highest BCUT2D eigenvalue weighted by atomic mass is 79.9. The number of carbonyl (C=O) groups excluding carboxylic acids is 4. The van der Waals surface area contributed by atoms with E-state index >= 15 is 0 Å². The van der Waals surface area contributed by atoms with E-state index in [0.717, 1.165) is 12.8 Å². The van der Waals surface area contributed by atoms with Crippen molar-refractivity contribution in [2.75, 3.05) is 33.4 Å². The molecule has 3 saturated heterocycles. The second-order valence-corrected chi connectivity index (χ2v) is 14.8. The monoisotopic (exact) mass is 779 g/mol. The number of nitrogens with zero attached hydrogens (tertiary/aromatic N) is 2. The number of alkyl halides is 1. The Bertz CT molecular complexity index is 1580. The number of amides is 3. The number of hydrogen-bond donors (Lipinski definition) is 2. The van der Waals surface area contributed by atoms with Gasteiger partial charge in [0.1, 0.15) is 17.7 Å². The first-order valence-corrected chi connectivity index (χ1v) is 18.9. The summed E-state index contributed by atoms with van der Waals surface area (Å²) in [6.07, 6.45) is 4.12. The van der Waals surface area contributed by atoms with Gasteiger partial charge in [-0.3, -0.25) is 19.2 Å². The standard InChI is InChI=1S/C40H50BrN3O8/c1-5-8-20-31(46)42-29(25-50-4)34(27-18-14-11-15-19-27)51-39(49)32-33-37(47)44(30(24-45)26-16-12-10-13-17-26)36(40(33)23-28(41)35(32)52-40)38(48)43(21-7-3)22-9-6-2/h5,7,10-19,28-30,32-36,45H,1,3,6,8-9,20-25H2,2,4H3,(H,42,46)/t28?,29-,30-,32-,33+,34-,35-,36-,40+/m1/s1. The number of methoxy groups -OCH3 is 1. The summed E-state index contributed by atoms with van der Waals surface area (Å²) >= 11 is 3.74. The number of ether oxygens (including phenoxy) is 3. The van der Waals surface area contributed by atoms with Gasteiger partial charge in [0.15, 0.2) is 0 Å². The molecular weight excluding hydrogens is 730 g/mol. The molecule has 3 aliphatic heterocycles. The van der Waals surface area contributed by atoms with E-state index in [9.17, 15) is 24.3 Å². The third-order valence-electron chi connectivity index (χ3n) is 10.4. The maximum Gasteiger partial charge on any atom is 0.313 e. The fourth-order valence-corrected chi connectivity index (χ4v) is 9.02. The molecule has 3 fully saturated rings. The Morgan fingerprint density at radius 3 is 2.38 bits per heavy atom. The summed E-state index contributed by atoms with van der Waals surface area (Å²) in [5.41, 5.74) is -0.0967. The molecule has 3 amide bonds. The molecule has 1 unspecified atom stereocenters. The molecule has 3 aliphatic rings.